The maximum Gasteiger partial charge on any atom is 0.260 e. The largest absolute Gasteiger partial charge is 0.506 e. The quantitative estimate of drug-likeness (QED) is 0.548. The molecule has 4 nitrogen and oxygen atoms in total. The van der Waals surface area contributed by atoms with Crippen molar-refractivity contribution in [1.29, 1.82) is 0 Å². The summed E-state index contributed by atoms with van der Waals surface area (Å²) in [4.78, 5) is 15.8. The van der Waals surface area contributed by atoms with Crippen molar-refractivity contribution in [2.75, 3.05) is 7.11 Å². The molecule has 0 spiro atoms. The standard InChI is InChI=1S/C20H14FNO3S/c1-25-14-8-4-11(5-9-14)15-10-26-20-17(15)18(23)16(19(24)22-20)12-2-6-13(21)7-3-12/h2-10H,1H3,(H2,22,23,24). The molecule has 6 heteroatoms. The normalized spacial score (nSPS) is 11.0. The second-order valence-electron chi connectivity index (χ2n) is 5.77. The number of aromatic hydroxyl groups is 1. The molecule has 0 radical (unpaired) electrons. The number of aromatic nitrogens is 1. The third-order valence-electron chi connectivity index (χ3n) is 4.25. The van der Waals surface area contributed by atoms with Gasteiger partial charge in [-0.2, -0.15) is 0 Å². The van der Waals surface area contributed by atoms with E-state index >= 15 is 0 Å². The third kappa shape index (κ3) is 2.64. The molecule has 2 aromatic heterocycles. The van der Waals surface area contributed by atoms with Gasteiger partial charge in [0.15, 0.2) is 0 Å². The van der Waals surface area contributed by atoms with E-state index in [1.807, 2.05) is 29.6 Å². The van der Waals surface area contributed by atoms with Crippen molar-refractivity contribution in [1.82, 2.24) is 4.98 Å². The summed E-state index contributed by atoms with van der Waals surface area (Å²) in [6.07, 6.45) is 0. The van der Waals surface area contributed by atoms with Crippen LogP contribution < -0.4 is 10.3 Å². The van der Waals surface area contributed by atoms with Crippen LogP contribution in [0, 0.1) is 5.82 Å². The molecule has 0 saturated carbocycles. The van der Waals surface area contributed by atoms with Gasteiger partial charge in [-0.25, -0.2) is 4.39 Å². The molecule has 4 aromatic rings. The maximum atomic E-state index is 13.2. The smallest absolute Gasteiger partial charge is 0.260 e. The second kappa shape index (κ2) is 6.31. The number of pyridine rings is 1. The van der Waals surface area contributed by atoms with Gasteiger partial charge in [-0.15, -0.1) is 11.3 Å². The first kappa shape index (κ1) is 16.4. The lowest BCUT2D eigenvalue weighted by Gasteiger charge is -2.08. The highest BCUT2D eigenvalue weighted by Gasteiger charge is 2.19. The number of halogens is 1. The Morgan fingerprint density at radius 1 is 1.04 bits per heavy atom. The lowest BCUT2D eigenvalue weighted by atomic mass is 10.0. The highest BCUT2D eigenvalue weighted by molar-refractivity contribution is 7.17. The molecule has 0 fully saturated rings. The average Bonchev–Trinajstić information content (AvgIpc) is 3.07. The van der Waals surface area contributed by atoms with Gasteiger partial charge in [-0.05, 0) is 35.4 Å². The van der Waals surface area contributed by atoms with Crippen LogP contribution in [0.1, 0.15) is 0 Å². The topological polar surface area (TPSA) is 62.3 Å². The van der Waals surface area contributed by atoms with E-state index < -0.39 is 11.4 Å². The lowest BCUT2D eigenvalue weighted by molar-refractivity contribution is 0.415. The molecule has 0 amide bonds. The van der Waals surface area contributed by atoms with E-state index in [2.05, 4.69) is 4.98 Å². The Balaban J connectivity index is 1.95. The molecular formula is C20H14FNO3S. The van der Waals surface area contributed by atoms with E-state index in [9.17, 15) is 14.3 Å². The predicted molar refractivity (Wildman–Crippen MR) is 101 cm³/mol. The average molecular weight is 367 g/mol. The molecule has 2 heterocycles. The Morgan fingerprint density at radius 2 is 1.69 bits per heavy atom. The zero-order chi connectivity index (χ0) is 18.3. The van der Waals surface area contributed by atoms with Crippen LogP contribution >= 0.6 is 11.3 Å². The fourth-order valence-corrected chi connectivity index (χ4v) is 3.92. The van der Waals surface area contributed by atoms with Crippen LogP contribution in [0.4, 0.5) is 4.39 Å². The van der Waals surface area contributed by atoms with Gasteiger partial charge in [-0.1, -0.05) is 24.3 Å². The summed E-state index contributed by atoms with van der Waals surface area (Å²) in [7, 11) is 1.60. The van der Waals surface area contributed by atoms with Crippen LogP contribution in [-0.4, -0.2) is 17.2 Å². The first-order valence-electron chi connectivity index (χ1n) is 7.85. The van der Waals surface area contributed by atoms with Crippen LogP contribution in [-0.2, 0) is 0 Å². The summed E-state index contributed by atoms with van der Waals surface area (Å²) in [5, 5.41) is 13.3. The number of nitrogens with one attached hydrogen (secondary N) is 1. The minimum absolute atomic E-state index is 0.109. The van der Waals surface area contributed by atoms with Gasteiger partial charge >= 0.3 is 0 Å². The van der Waals surface area contributed by atoms with E-state index in [0.29, 0.717) is 15.8 Å². The number of hydrogen-bond donors (Lipinski definition) is 2. The van der Waals surface area contributed by atoms with Crippen LogP contribution in [0.15, 0.2) is 58.7 Å². The maximum absolute atomic E-state index is 13.2. The summed E-state index contributed by atoms with van der Waals surface area (Å²) in [6, 6.07) is 12.9. The highest BCUT2D eigenvalue weighted by Crippen LogP contribution is 2.41. The van der Waals surface area contributed by atoms with Gasteiger partial charge in [0.2, 0.25) is 0 Å². The van der Waals surface area contributed by atoms with Gasteiger partial charge in [0.05, 0.1) is 18.1 Å². The third-order valence-corrected chi connectivity index (χ3v) is 5.15. The minimum Gasteiger partial charge on any atom is -0.506 e. The lowest BCUT2D eigenvalue weighted by Crippen LogP contribution is -2.08. The second-order valence-corrected chi connectivity index (χ2v) is 6.65. The van der Waals surface area contributed by atoms with Crippen molar-refractivity contribution in [2.45, 2.75) is 0 Å². The van der Waals surface area contributed by atoms with E-state index in [4.69, 9.17) is 4.74 Å². The summed E-state index contributed by atoms with van der Waals surface area (Å²) in [5.74, 6) is 0.223. The first-order valence-corrected chi connectivity index (χ1v) is 8.73. The Labute approximate surface area is 152 Å². The Morgan fingerprint density at radius 3 is 2.35 bits per heavy atom. The minimum atomic E-state index is -0.412. The Kier molecular flexibility index (Phi) is 3.97. The molecule has 0 aliphatic rings. The molecule has 2 N–H and O–H groups in total. The molecule has 0 bridgehead atoms. The molecular weight excluding hydrogens is 353 g/mol. The molecule has 0 saturated heterocycles. The van der Waals surface area contributed by atoms with Crippen LogP contribution in [0.2, 0.25) is 0 Å². The van der Waals surface area contributed by atoms with Crippen molar-refractivity contribution < 1.29 is 14.2 Å². The SMILES string of the molecule is COc1ccc(-c2csc3[nH]c(=O)c(-c4ccc(F)cc4)c(O)c23)cc1. The van der Waals surface area contributed by atoms with Gasteiger partial charge in [-0.3, -0.25) is 4.79 Å². The zero-order valence-electron chi connectivity index (χ0n) is 13.7. The fraction of sp³-hybridized carbons (Fsp3) is 0.0500. The first-order chi connectivity index (χ1) is 12.6. The Hall–Kier alpha value is -3.12. The number of ether oxygens (including phenoxy) is 1. The van der Waals surface area contributed by atoms with Gasteiger partial charge in [0.1, 0.15) is 22.1 Å². The zero-order valence-corrected chi connectivity index (χ0v) is 14.6. The number of thiophene rings is 1. The number of H-pyrrole nitrogens is 1. The number of fused-ring (bicyclic) bond motifs is 1. The van der Waals surface area contributed by atoms with Gasteiger partial charge in [0, 0.05) is 10.9 Å². The molecule has 0 aliphatic carbocycles. The molecule has 0 atom stereocenters. The van der Waals surface area contributed by atoms with E-state index in [0.717, 1.165) is 16.9 Å². The van der Waals surface area contributed by atoms with E-state index in [-0.39, 0.29) is 11.3 Å². The fourth-order valence-electron chi connectivity index (χ4n) is 2.95. The number of methoxy groups -OCH3 is 1. The van der Waals surface area contributed by atoms with Crippen molar-refractivity contribution >= 4 is 21.6 Å². The van der Waals surface area contributed by atoms with Crippen LogP contribution in [0.5, 0.6) is 11.5 Å². The van der Waals surface area contributed by atoms with Crippen molar-refractivity contribution in [3.05, 3.63) is 70.1 Å². The monoisotopic (exact) mass is 367 g/mol. The number of rotatable bonds is 3. The van der Waals surface area contributed by atoms with Crippen LogP contribution in [0.25, 0.3) is 32.5 Å². The van der Waals surface area contributed by atoms with Gasteiger partial charge < -0.3 is 14.8 Å². The summed E-state index contributed by atoms with van der Waals surface area (Å²) >= 11 is 1.35. The summed E-state index contributed by atoms with van der Waals surface area (Å²) in [6.45, 7) is 0. The number of benzene rings is 2. The summed E-state index contributed by atoms with van der Waals surface area (Å²) in [5.41, 5.74) is 1.88. The highest BCUT2D eigenvalue weighted by atomic mass is 32.1. The van der Waals surface area contributed by atoms with Crippen molar-refractivity contribution in [3.63, 3.8) is 0 Å². The number of aromatic amines is 1. The van der Waals surface area contributed by atoms with Gasteiger partial charge in [0.25, 0.3) is 5.56 Å². The molecule has 0 aliphatic heterocycles. The van der Waals surface area contributed by atoms with Crippen LogP contribution in [0.3, 0.4) is 0 Å². The van der Waals surface area contributed by atoms with E-state index in [1.165, 1.54) is 35.6 Å². The predicted octanol–water partition coefficient (Wildman–Crippen LogP) is 4.78. The Bertz CT molecular complexity index is 1140. The molecule has 26 heavy (non-hydrogen) atoms. The van der Waals surface area contributed by atoms with E-state index in [1.54, 1.807) is 7.11 Å². The van der Waals surface area contributed by atoms with Crippen molar-refractivity contribution in [3.8, 4) is 33.8 Å². The summed E-state index contributed by atoms with van der Waals surface area (Å²) < 4.78 is 18.4. The van der Waals surface area contributed by atoms with Crippen molar-refractivity contribution in [2.24, 2.45) is 0 Å². The molecule has 130 valence electrons. The molecule has 0 unspecified atom stereocenters. The molecule has 4 rings (SSSR count). The molecule has 2 aromatic carbocycles. The number of hydrogen-bond acceptors (Lipinski definition) is 4.